The third-order valence-electron chi connectivity index (χ3n) is 14.1. The number of aromatic nitrogens is 5. The molecule has 0 spiro atoms. The summed E-state index contributed by atoms with van der Waals surface area (Å²) in [5, 5.41) is 10.2. The molecule has 0 saturated heterocycles. The Labute approximate surface area is 387 Å². The molecular weight excluding hydrogens is 831 g/mol. The molecule has 67 heavy (non-hydrogen) atoms. The van der Waals surface area contributed by atoms with Crippen LogP contribution >= 0.6 is 0 Å². The van der Waals surface area contributed by atoms with Crippen LogP contribution in [0.3, 0.4) is 0 Å². The van der Waals surface area contributed by atoms with Crippen LogP contribution in [0.5, 0.6) is 0 Å². The Morgan fingerprint density at radius 2 is 0.701 bits per heavy atom. The van der Waals surface area contributed by atoms with Crippen molar-refractivity contribution in [3.63, 3.8) is 0 Å². The Morgan fingerprint density at radius 1 is 0.284 bits per heavy atom. The first-order valence-corrected chi connectivity index (χ1v) is 25.0. The summed E-state index contributed by atoms with van der Waals surface area (Å²) in [6.45, 7) is 0. The van der Waals surface area contributed by atoms with Crippen LogP contribution in [0.1, 0.15) is 0 Å². The van der Waals surface area contributed by atoms with E-state index in [2.05, 4.69) is 267 Å². The highest BCUT2D eigenvalue weighted by Crippen LogP contribution is 2.38. The molecule has 0 N–H and O–H groups in total. The van der Waals surface area contributed by atoms with Crippen molar-refractivity contribution in [1.29, 1.82) is 0 Å². The molecule has 0 bridgehead atoms. The number of nitrogens with zero attached hydrogens (tertiary/aromatic N) is 5. The van der Waals surface area contributed by atoms with E-state index in [1.165, 1.54) is 53.3 Å². The summed E-state index contributed by atoms with van der Waals surface area (Å²) < 4.78 is 9.56. The molecule has 5 nitrogen and oxygen atoms in total. The zero-order chi connectivity index (χ0) is 44.1. The van der Waals surface area contributed by atoms with Crippen molar-refractivity contribution >= 4 is 100 Å². The molecule has 0 atom stereocenters. The Bertz CT molecular complexity index is 4070. The third kappa shape index (κ3) is 5.39. The van der Waals surface area contributed by atoms with Gasteiger partial charge in [-0.3, -0.25) is 8.97 Å². The van der Waals surface area contributed by atoms with E-state index in [9.17, 15) is 0 Å². The summed E-state index contributed by atoms with van der Waals surface area (Å²) in [5.74, 6) is 0.885. The van der Waals surface area contributed by atoms with E-state index >= 15 is 0 Å². The van der Waals surface area contributed by atoms with E-state index in [1.807, 2.05) is 0 Å². The standard InChI is InChI=1S/C61H41N5Si/c1-4-22-45(23-5-1)67(46-24-6-2-7-25-46,47-26-8-3-9-27-47)59-37-19-36-58-60(59)62-61-65(56-34-16-17-35-57(56)66(58)61)43-21-18-20-42(40-43)63-54-33-15-12-30-50(54)51-41-44(38-39-55(51)63)64-52-31-13-10-28-48(52)49-29-11-14-32-53(49)64/h1-41H. The van der Waals surface area contributed by atoms with Crippen molar-refractivity contribution in [3.05, 3.63) is 249 Å². The fourth-order valence-electron chi connectivity index (χ4n) is 11.4. The van der Waals surface area contributed by atoms with Crippen molar-refractivity contribution in [3.8, 4) is 17.1 Å². The maximum absolute atomic E-state index is 5.79. The van der Waals surface area contributed by atoms with Crippen LogP contribution in [-0.4, -0.2) is 31.2 Å². The van der Waals surface area contributed by atoms with Gasteiger partial charge >= 0.3 is 0 Å². The molecule has 0 fully saturated rings. The highest BCUT2D eigenvalue weighted by atomic mass is 28.3. The first kappa shape index (κ1) is 37.6. The zero-order valence-electron chi connectivity index (χ0n) is 36.4. The van der Waals surface area contributed by atoms with Gasteiger partial charge in [-0.05, 0) is 93.5 Å². The lowest BCUT2D eigenvalue weighted by Crippen LogP contribution is -2.74. The summed E-state index contributed by atoms with van der Waals surface area (Å²) in [4.78, 5) is 5.79. The molecular formula is C61H41N5Si. The quantitative estimate of drug-likeness (QED) is 0.116. The minimum Gasteiger partial charge on any atom is -0.309 e. The monoisotopic (exact) mass is 871 g/mol. The molecule has 0 amide bonds. The van der Waals surface area contributed by atoms with Gasteiger partial charge in [0.1, 0.15) is 0 Å². The van der Waals surface area contributed by atoms with Gasteiger partial charge in [0.25, 0.3) is 0 Å². The van der Waals surface area contributed by atoms with Gasteiger partial charge in [0.05, 0.1) is 49.8 Å². The predicted molar refractivity (Wildman–Crippen MR) is 282 cm³/mol. The van der Waals surface area contributed by atoms with Gasteiger partial charge in [-0.25, -0.2) is 4.98 Å². The molecule has 0 unspecified atom stereocenters. The number of hydrogen-bond donors (Lipinski definition) is 0. The highest BCUT2D eigenvalue weighted by Gasteiger charge is 2.43. The van der Waals surface area contributed by atoms with Gasteiger partial charge in [-0.1, -0.05) is 176 Å². The summed E-state index contributed by atoms with van der Waals surface area (Å²) in [6.07, 6.45) is 0. The highest BCUT2D eigenvalue weighted by molar-refractivity contribution is 7.20. The van der Waals surface area contributed by atoms with E-state index in [1.54, 1.807) is 0 Å². The second-order valence-corrected chi connectivity index (χ2v) is 21.3. The van der Waals surface area contributed by atoms with Crippen LogP contribution in [-0.2, 0) is 0 Å². The number of imidazole rings is 2. The molecule has 4 heterocycles. The first-order chi connectivity index (χ1) is 33.3. The van der Waals surface area contributed by atoms with Gasteiger partial charge in [-0.2, -0.15) is 0 Å². The van der Waals surface area contributed by atoms with Gasteiger partial charge in [0.2, 0.25) is 5.78 Å². The summed E-state index contributed by atoms with van der Waals surface area (Å²) in [6, 6.07) is 91.1. The van der Waals surface area contributed by atoms with Gasteiger partial charge in [0.15, 0.2) is 8.07 Å². The van der Waals surface area contributed by atoms with Crippen molar-refractivity contribution in [2.45, 2.75) is 0 Å². The molecule has 0 aliphatic carbocycles. The molecule has 0 aliphatic heterocycles. The fraction of sp³-hybridized carbons (Fsp3) is 0. The van der Waals surface area contributed by atoms with Crippen LogP contribution in [0.2, 0.25) is 0 Å². The van der Waals surface area contributed by atoms with Gasteiger partial charge < -0.3 is 9.13 Å². The molecule has 0 aliphatic rings. The van der Waals surface area contributed by atoms with Crippen LogP contribution < -0.4 is 20.7 Å². The van der Waals surface area contributed by atoms with E-state index in [4.69, 9.17) is 4.98 Å². The van der Waals surface area contributed by atoms with Crippen molar-refractivity contribution < 1.29 is 0 Å². The molecule has 4 aromatic heterocycles. The summed E-state index contributed by atoms with van der Waals surface area (Å²) >= 11 is 0. The summed E-state index contributed by atoms with van der Waals surface area (Å²) in [5.41, 5.74) is 12.4. The van der Waals surface area contributed by atoms with Crippen LogP contribution in [0.15, 0.2) is 249 Å². The lowest BCUT2D eigenvalue weighted by Gasteiger charge is -2.34. The van der Waals surface area contributed by atoms with Crippen molar-refractivity contribution in [2.75, 3.05) is 0 Å². The van der Waals surface area contributed by atoms with Gasteiger partial charge in [0, 0.05) is 32.9 Å². The molecule has 14 aromatic rings. The average molecular weight is 872 g/mol. The number of benzene rings is 10. The Balaban J connectivity index is 0.997. The van der Waals surface area contributed by atoms with E-state index < -0.39 is 8.07 Å². The lowest BCUT2D eigenvalue weighted by atomic mass is 10.1. The second kappa shape index (κ2) is 14.7. The second-order valence-electron chi connectivity index (χ2n) is 17.5. The van der Waals surface area contributed by atoms with E-state index in [0.29, 0.717) is 0 Å². The minimum absolute atomic E-state index is 0.885. The van der Waals surface area contributed by atoms with Crippen LogP contribution in [0.25, 0.3) is 88.5 Å². The molecule has 10 aromatic carbocycles. The summed E-state index contributed by atoms with van der Waals surface area (Å²) in [7, 11) is -2.90. The van der Waals surface area contributed by atoms with Crippen molar-refractivity contribution in [2.24, 2.45) is 0 Å². The topological polar surface area (TPSA) is 32.1 Å². The third-order valence-corrected chi connectivity index (χ3v) is 18.9. The molecule has 6 heteroatoms. The number of para-hydroxylation sites is 6. The Hall–Kier alpha value is -8.71. The number of rotatable bonds is 7. The first-order valence-electron chi connectivity index (χ1n) is 23.0. The Kier molecular flexibility index (Phi) is 8.23. The molecule has 0 saturated carbocycles. The maximum Gasteiger partial charge on any atom is 0.220 e. The average Bonchev–Trinajstić information content (AvgIpc) is 4.14. The van der Waals surface area contributed by atoms with E-state index in [0.717, 1.165) is 55.9 Å². The molecule has 0 radical (unpaired) electrons. The minimum atomic E-state index is -2.90. The van der Waals surface area contributed by atoms with Crippen molar-refractivity contribution in [1.82, 2.24) is 23.1 Å². The largest absolute Gasteiger partial charge is 0.309 e. The number of fused-ring (bicyclic) bond motifs is 11. The lowest BCUT2D eigenvalue weighted by molar-refractivity contribution is 1.09. The predicted octanol–water partition coefficient (Wildman–Crippen LogP) is 12.0. The van der Waals surface area contributed by atoms with Gasteiger partial charge in [-0.15, -0.1) is 0 Å². The maximum atomic E-state index is 5.79. The fourth-order valence-corrected chi connectivity index (χ4v) is 16.3. The number of hydrogen-bond acceptors (Lipinski definition) is 1. The zero-order valence-corrected chi connectivity index (χ0v) is 37.4. The smallest absolute Gasteiger partial charge is 0.220 e. The molecule has 314 valence electrons. The Morgan fingerprint density at radius 3 is 1.27 bits per heavy atom. The normalized spacial score (nSPS) is 12.2. The van der Waals surface area contributed by atoms with E-state index in [-0.39, 0.29) is 0 Å². The SMILES string of the molecule is c1ccc([Si](c2ccccc2)(c2ccccc2)c2cccc3c2nc2n(-c4cccc(-n5c6ccccc6c6cc(-n7c8ccccc8c8ccccc87)ccc65)c4)c4ccccc4n32)cc1. The van der Waals surface area contributed by atoms with Crippen LogP contribution in [0.4, 0.5) is 0 Å². The van der Waals surface area contributed by atoms with Crippen LogP contribution in [0, 0.1) is 0 Å². The molecule has 14 rings (SSSR count).